The predicted octanol–water partition coefficient (Wildman–Crippen LogP) is 5.89. The molecule has 6 nitrogen and oxygen atoms in total. The lowest BCUT2D eigenvalue weighted by atomic mass is 9.73. The van der Waals surface area contributed by atoms with Crippen LogP contribution in [0, 0.1) is 11.6 Å². The van der Waals surface area contributed by atoms with Crippen molar-refractivity contribution in [3.05, 3.63) is 65.4 Å². The molecule has 0 aliphatic carbocycles. The number of nitrogens with one attached hydrogen (secondary N) is 1. The van der Waals surface area contributed by atoms with Gasteiger partial charge in [0, 0.05) is 29.5 Å². The molecule has 4 rings (SSSR count). The molecule has 0 radical (unpaired) electrons. The van der Waals surface area contributed by atoms with Crippen molar-refractivity contribution in [2.45, 2.75) is 57.7 Å². The van der Waals surface area contributed by atoms with E-state index < -0.39 is 17.1 Å². The van der Waals surface area contributed by atoms with Crippen molar-refractivity contribution >= 4 is 17.0 Å². The number of piperidine rings is 1. The number of fused-ring (bicyclic) bond motifs is 1. The second-order valence-electron chi connectivity index (χ2n) is 10.0. The Morgan fingerprint density at radius 3 is 2.47 bits per heavy atom. The van der Waals surface area contributed by atoms with Crippen molar-refractivity contribution < 1.29 is 23.0 Å². The molecule has 3 aromatic rings. The number of hydrogen-bond acceptors (Lipinski definition) is 4. The smallest absolute Gasteiger partial charge is 0.410 e. The maximum absolute atomic E-state index is 14.2. The monoisotopic (exact) mass is 471 g/mol. The highest BCUT2D eigenvalue weighted by Gasteiger charge is 2.39. The largest absolute Gasteiger partial charge is 0.444 e. The van der Waals surface area contributed by atoms with Gasteiger partial charge in [0.1, 0.15) is 17.2 Å². The van der Waals surface area contributed by atoms with Gasteiger partial charge in [0.15, 0.2) is 0 Å². The maximum atomic E-state index is 14.2. The van der Waals surface area contributed by atoms with Gasteiger partial charge in [-0.2, -0.15) is 5.10 Å². The van der Waals surface area contributed by atoms with E-state index >= 15 is 0 Å². The molecule has 0 saturated carbocycles. The lowest BCUT2D eigenvalue weighted by molar-refractivity contribution is -0.00938. The number of amides is 1. The molecule has 1 aromatic heterocycles. The molecular formula is C26H31F2N3O3. The molecule has 1 atom stereocenters. The van der Waals surface area contributed by atoms with Gasteiger partial charge in [-0.25, -0.2) is 13.6 Å². The summed E-state index contributed by atoms with van der Waals surface area (Å²) < 4.78 is 39.7. The van der Waals surface area contributed by atoms with Crippen LogP contribution < -0.4 is 0 Å². The zero-order chi connectivity index (χ0) is 24.5. The normalized spacial score (nSPS) is 17.1. The fraction of sp³-hybridized carbons (Fsp3) is 0.462. The van der Waals surface area contributed by atoms with E-state index in [-0.39, 0.29) is 17.7 Å². The minimum absolute atomic E-state index is 0.305. The van der Waals surface area contributed by atoms with Crippen LogP contribution in [0.4, 0.5) is 13.6 Å². The number of hydrogen-bond donors (Lipinski definition) is 1. The molecule has 1 saturated heterocycles. The van der Waals surface area contributed by atoms with E-state index in [2.05, 4.69) is 10.2 Å². The summed E-state index contributed by atoms with van der Waals surface area (Å²) in [4.78, 5) is 14.3. The van der Waals surface area contributed by atoms with Crippen LogP contribution in [-0.4, -0.2) is 46.5 Å². The lowest BCUT2D eigenvalue weighted by Crippen LogP contribution is -2.48. The molecule has 2 aromatic carbocycles. The first-order valence-corrected chi connectivity index (χ1v) is 11.5. The molecule has 1 N–H and O–H groups in total. The van der Waals surface area contributed by atoms with Gasteiger partial charge in [-0.15, -0.1) is 0 Å². The van der Waals surface area contributed by atoms with Crippen LogP contribution in [0.2, 0.25) is 0 Å². The Bertz CT molecular complexity index is 1150. The number of aromatic nitrogens is 2. The van der Waals surface area contributed by atoms with Crippen LogP contribution in [0.15, 0.2) is 42.6 Å². The molecule has 182 valence electrons. The van der Waals surface area contributed by atoms with Crippen LogP contribution in [0.25, 0.3) is 10.9 Å². The lowest BCUT2D eigenvalue weighted by Gasteiger charge is -2.42. The van der Waals surface area contributed by atoms with E-state index in [0.717, 1.165) is 11.1 Å². The first kappa shape index (κ1) is 24.1. The second kappa shape index (κ2) is 9.33. The first-order chi connectivity index (χ1) is 16.1. The van der Waals surface area contributed by atoms with Crippen molar-refractivity contribution in [1.29, 1.82) is 0 Å². The van der Waals surface area contributed by atoms with Crippen molar-refractivity contribution in [1.82, 2.24) is 15.1 Å². The number of ether oxygens (including phenoxy) is 2. The van der Waals surface area contributed by atoms with Gasteiger partial charge in [-0.3, -0.25) is 5.10 Å². The molecule has 1 unspecified atom stereocenters. The fourth-order valence-corrected chi connectivity index (χ4v) is 4.51. The predicted molar refractivity (Wildman–Crippen MR) is 126 cm³/mol. The number of likely N-dealkylation sites (tertiary alicyclic amines) is 1. The third-order valence-electron chi connectivity index (χ3n) is 6.42. The van der Waals surface area contributed by atoms with Crippen LogP contribution in [0.3, 0.4) is 0 Å². The maximum Gasteiger partial charge on any atom is 0.410 e. The number of carbonyl (C=O) groups excluding carboxylic acids is 1. The standard InChI is InChI=1S/C26H31F2N3O3/c1-17(22-14-21(28)13-18-15-29-30-23(18)22)33-16-26(19-5-7-20(27)8-6-19)9-11-31(12-10-26)24(32)34-25(2,3)4/h5-8,13-15,17H,9-12,16H2,1-4H3,(H,29,30). The molecule has 8 heteroatoms. The Kier molecular flexibility index (Phi) is 6.62. The zero-order valence-electron chi connectivity index (χ0n) is 20.0. The second-order valence-corrected chi connectivity index (χ2v) is 10.0. The van der Waals surface area contributed by atoms with E-state index in [1.165, 1.54) is 24.3 Å². The van der Waals surface area contributed by atoms with Crippen LogP contribution in [0.1, 0.15) is 57.8 Å². The van der Waals surface area contributed by atoms with Crippen LogP contribution in [-0.2, 0) is 14.9 Å². The van der Waals surface area contributed by atoms with E-state index in [1.807, 2.05) is 27.7 Å². The molecule has 1 amide bonds. The quantitative estimate of drug-likeness (QED) is 0.504. The highest BCUT2D eigenvalue weighted by molar-refractivity contribution is 5.81. The van der Waals surface area contributed by atoms with Crippen molar-refractivity contribution in [2.24, 2.45) is 0 Å². The summed E-state index contributed by atoms with van der Waals surface area (Å²) in [6, 6.07) is 9.34. The van der Waals surface area contributed by atoms with Gasteiger partial charge in [0.05, 0.1) is 24.4 Å². The Labute approximate surface area is 198 Å². The topological polar surface area (TPSA) is 67.4 Å². The van der Waals surface area contributed by atoms with Gasteiger partial charge in [0.25, 0.3) is 0 Å². The van der Waals surface area contributed by atoms with Gasteiger partial charge in [0.2, 0.25) is 0 Å². The fourth-order valence-electron chi connectivity index (χ4n) is 4.51. The van der Waals surface area contributed by atoms with E-state index in [9.17, 15) is 13.6 Å². The molecule has 1 fully saturated rings. The summed E-state index contributed by atoms with van der Waals surface area (Å²) in [6.45, 7) is 8.74. The average Bonchev–Trinajstić information content (AvgIpc) is 3.25. The number of nitrogens with zero attached hydrogens (tertiary/aromatic N) is 2. The third kappa shape index (κ3) is 5.22. The summed E-state index contributed by atoms with van der Waals surface area (Å²) in [5.74, 6) is -0.654. The number of halogens is 2. The van der Waals surface area contributed by atoms with Crippen LogP contribution in [0.5, 0.6) is 0 Å². The molecular weight excluding hydrogens is 440 g/mol. The first-order valence-electron chi connectivity index (χ1n) is 11.5. The number of benzene rings is 2. The van der Waals surface area contributed by atoms with Gasteiger partial charge in [-0.1, -0.05) is 12.1 Å². The molecule has 34 heavy (non-hydrogen) atoms. The minimum Gasteiger partial charge on any atom is -0.444 e. The zero-order valence-corrected chi connectivity index (χ0v) is 20.0. The van der Waals surface area contributed by atoms with Crippen LogP contribution >= 0.6 is 0 Å². The average molecular weight is 472 g/mol. The number of carbonyl (C=O) groups is 1. The van der Waals surface area contributed by atoms with Gasteiger partial charge < -0.3 is 14.4 Å². The van der Waals surface area contributed by atoms with Crippen molar-refractivity contribution in [2.75, 3.05) is 19.7 Å². The summed E-state index contributed by atoms with van der Waals surface area (Å²) in [5, 5.41) is 7.63. The summed E-state index contributed by atoms with van der Waals surface area (Å²) in [5.41, 5.74) is 1.40. The molecule has 1 aliphatic heterocycles. The molecule has 1 aliphatic rings. The SMILES string of the molecule is CC(OCC1(c2ccc(F)cc2)CCN(C(=O)OC(C)(C)C)CC1)c1cc(F)cc2cn[nH]c12. The van der Waals surface area contributed by atoms with Gasteiger partial charge >= 0.3 is 6.09 Å². The highest BCUT2D eigenvalue weighted by atomic mass is 19.1. The molecule has 0 spiro atoms. The minimum atomic E-state index is -0.565. The Morgan fingerprint density at radius 2 is 1.82 bits per heavy atom. The summed E-state index contributed by atoms with van der Waals surface area (Å²) >= 11 is 0. The Hall–Kier alpha value is -3.00. The van der Waals surface area contributed by atoms with E-state index in [1.54, 1.807) is 23.2 Å². The number of rotatable bonds is 5. The summed E-state index contributed by atoms with van der Waals surface area (Å²) in [6.07, 6.45) is 2.11. The highest BCUT2D eigenvalue weighted by Crippen LogP contribution is 2.38. The molecule has 0 bridgehead atoms. The molecule has 2 heterocycles. The van der Waals surface area contributed by atoms with E-state index in [0.29, 0.717) is 43.5 Å². The Balaban J connectivity index is 1.54. The van der Waals surface area contributed by atoms with Crippen molar-refractivity contribution in [3.8, 4) is 0 Å². The van der Waals surface area contributed by atoms with Gasteiger partial charge in [-0.05, 0) is 70.4 Å². The Morgan fingerprint density at radius 1 is 1.15 bits per heavy atom. The third-order valence-corrected chi connectivity index (χ3v) is 6.42. The van der Waals surface area contributed by atoms with E-state index in [4.69, 9.17) is 9.47 Å². The number of H-pyrrole nitrogens is 1. The number of aromatic amines is 1. The van der Waals surface area contributed by atoms with Crippen molar-refractivity contribution in [3.63, 3.8) is 0 Å². The summed E-state index contributed by atoms with van der Waals surface area (Å²) in [7, 11) is 0.